The molecular formula is C22H17Cl2N5O2. The Bertz CT molecular complexity index is 1260. The van der Waals surface area contributed by atoms with Gasteiger partial charge in [0.1, 0.15) is 11.4 Å². The molecule has 1 atom stereocenters. The van der Waals surface area contributed by atoms with E-state index in [-0.39, 0.29) is 11.9 Å². The van der Waals surface area contributed by atoms with Crippen molar-refractivity contribution in [2.24, 2.45) is 5.84 Å². The number of anilines is 1. The summed E-state index contributed by atoms with van der Waals surface area (Å²) in [5, 5.41) is 12.9. The smallest absolute Gasteiger partial charge is 0.314 e. The fourth-order valence-corrected chi connectivity index (χ4v) is 3.45. The zero-order chi connectivity index (χ0) is 22.0. The fraction of sp³-hybridized carbons (Fsp3) is 0.0455. The lowest BCUT2D eigenvalue weighted by atomic mass is 10.1. The number of amidine groups is 1. The number of hydrogen-bond acceptors (Lipinski definition) is 6. The first-order chi connectivity index (χ1) is 14.9. The molecule has 156 valence electrons. The molecule has 1 heterocycles. The van der Waals surface area contributed by atoms with Crippen LogP contribution in [0.1, 0.15) is 17.2 Å². The topological polar surface area (TPSA) is 108 Å². The number of nitrogens with one attached hydrogen (secondary N) is 2. The third kappa shape index (κ3) is 4.54. The van der Waals surface area contributed by atoms with Crippen molar-refractivity contribution in [2.45, 2.75) is 6.04 Å². The third-order valence-corrected chi connectivity index (χ3v) is 5.03. The zero-order valence-electron chi connectivity index (χ0n) is 16.0. The van der Waals surface area contributed by atoms with Crippen LogP contribution < -0.4 is 16.2 Å². The Kier molecular flexibility index (Phi) is 5.90. The van der Waals surface area contributed by atoms with Gasteiger partial charge < -0.3 is 9.73 Å². The lowest BCUT2D eigenvalue weighted by molar-refractivity contribution is -0.121. The first kappa shape index (κ1) is 20.9. The van der Waals surface area contributed by atoms with Gasteiger partial charge in [0.15, 0.2) is 11.6 Å². The van der Waals surface area contributed by atoms with Crippen LogP contribution in [0.3, 0.4) is 0 Å². The highest BCUT2D eigenvalue weighted by molar-refractivity contribution is 6.31. The SMILES string of the molecule is N=C(NC(=O)C(c1cccc(Cl)c1)N(N)c1nc2ccc(Cl)cc2o1)c1ccccc1. The van der Waals surface area contributed by atoms with E-state index in [1.54, 1.807) is 66.7 Å². The third-order valence-electron chi connectivity index (χ3n) is 4.56. The number of rotatable bonds is 5. The van der Waals surface area contributed by atoms with E-state index in [2.05, 4.69) is 10.3 Å². The first-order valence-electron chi connectivity index (χ1n) is 9.22. The van der Waals surface area contributed by atoms with E-state index in [4.69, 9.17) is 38.9 Å². The van der Waals surface area contributed by atoms with E-state index in [1.807, 2.05) is 6.07 Å². The number of hydrogen-bond donors (Lipinski definition) is 3. The highest BCUT2D eigenvalue weighted by Gasteiger charge is 2.30. The average molecular weight is 454 g/mol. The first-order valence-corrected chi connectivity index (χ1v) is 9.98. The van der Waals surface area contributed by atoms with Crippen LogP contribution >= 0.6 is 23.2 Å². The molecule has 0 radical (unpaired) electrons. The van der Waals surface area contributed by atoms with Gasteiger partial charge in [-0.2, -0.15) is 4.98 Å². The van der Waals surface area contributed by atoms with E-state index >= 15 is 0 Å². The number of amides is 1. The van der Waals surface area contributed by atoms with Crippen molar-refractivity contribution in [1.82, 2.24) is 10.3 Å². The Hall–Kier alpha value is -3.39. The molecule has 0 fully saturated rings. The summed E-state index contributed by atoms with van der Waals surface area (Å²) in [6, 6.07) is 19.5. The average Bonchev–Trinajstić information content (AvgIpc) is 3.18. The lowest BCUT2D eigenvalue weighted by Gasteiger charge is -2.25. The minimum atomic E-state index is -1.06. The number of nitrogens with zero attached hydrogens (tertiary/aromatic N) is 2. The minimum Gasteiger partial charge on any atom is -0.422 e. The highest BCUT2D eigenvalue weighted by Crippen LogP contribution is 2.29. The number of hydrazine groups is 1. The monoisotopic (exact) mass is 453 g/mol. The molecule has 0 saturated carbocycles. The van der Waals surface area contributed by atoms with Gasteiger partial charge in [-0.3, -0.25) is 10.2 Å². The van der Waals surface area contributed by atoms with Gasteiger partial charge in [-0.25, -0.2) is 10.9 Å². The van der Waals surface area contributed by atoms with Crippen LogP contribution in [0.4, 0.5) is 6.01 Å². The molecule has 0 aliphatic heterocycles. The molecule has 4 aromatic rings. The number of carbonyl (C=O) groups excluding carboxylic acids is 1. The van der Waals surface area contributed by atoms with Crippen molar-refractivity contribution in [2.75, 3.05) is 5.01 Å². The van der Waals surface area contributed by atoms with Crippen molar-refractivity contribution in [3.8, 4) is 0 Å². The largest absolute Gasteiger partial charge is 0.422 e. The number of carbonyl (C=O) groups is 1. The van der Waals surface area contributed by atoms with Crippen LogP contribution in [0.5, 0.6) is 0 Å². The number of aromatic nitrogens is 1. The summed E-state index contributed by atoms with van der Waals surface area (Å²) < 4.78 is 5.72. The number of oxazole rings is 1. The number of halogens is 2. The Morgan fingerprint density at radius 1 is 1.03 bits per heavy atom. The van der Waals surface area contributed by atoms with Gasteiger partial charge in [-0.05, 0) is 29.8 Å². The maximum atomic E-state index is 13.2. The Morgan fingerprint density at radius 2 is 1.77 bits per heavy atom. The molecule has 31 heavy (non-hydrogen) atoms. The Balaban J connectivity index is 1.69. The maximum absolute atomic E-state index is 13.2. The Morgan fingerprint density at radius 3 is 2.52 bits per heavy atom. The van der Waals surface area contributed by atoms with Gasteiger partial charge in [0, 0.05) is 21.7 Å². The fourth-order valence-electron chi connectivity index (χ4n) is 3.09. The summed E-state index contributed by atoms with van der Waals surface area (Å²) in [7, 11) is 0. The van der Waals surface area contributed by atoms with Crippen LogP contribution in [0, 0.1) is 5.41 Å². The molecule has 7 nitrogen and oxygen atoms in total. The second-order valence-corrected chi connectivity index (χ2v) is 7.58. The van der Waals surface area contributed by atoms with Crippen molar-refractivity contribution in [3.05, 3.63) is 94.0 Å². The molecule has 4 N–H and O–H groups in total. The van der Waals surface area contributed by atoms with Gasteiger partial charge in [0.05, 0.1) is 0 Å². The van der Waals surface area contributed by atoms with Gasteiger partial charge in [0.2, 0.25) is 0 Å². The normalized spacial score (nSPS) is 11.8. The molecular weight excluding hydrogens is 437 g/mol. The predicted molar refractivity (Wildman–Crippen MR) is 121 cm³/mol. The van der Waals surface area contributed by atoms with Crippen molar-refractivity contribution < 1.29 is 9.21 Å². The molecule has 9 heteroatoms. The molecule has 1 aromatic heterocycles. The zero-order valence-corrected chi connectivity index (χ0v) is 17.6. The van der Waals surface area contributed by atoms with Crippen LogP contribution in [0.15, 0.2) is 77.2 Å². The highest BCUT2D eigenvalue weighted by atomic mass is 35.5. The second kappa shape index (κ2) is 8.77. The summed E-state index contributed by atoms with van der Waals surface area (Å²) in [6.07, 6.45) is 0. The second-order valence-electron chi connectivity index (χ2n) is 6.70. The summed E-state index contributed by atoms with van der Waals surface area (Å²) in [5.41, 5.74) is 2.03. The molecule has 0 aliphatic carbocycles. The summed E-state index contributed by atoms with van der Waals surface area (Å²) in [6.45, 7) is 0. The number of fused-ring (bicyclic) bond motifs is 1. The summed E-state index contributed by atoms with van der Waals surface area (Å²) in [5.74, 6) is 5.71. The van der Waals surface area contributed by atoms with Gasteiger partial charge >= 0.3 is 6.01 Å². The van der Waals surface area contributed by atoms with Gasteiger partial charge in [-0.15, -0.1) is 0 Å². The quantitative estimate of drug-likeness (QED) is 0.175. The standard InChI is InChI=1S/C22H17Cl2N5O2/c23-15-8-4-7-14(11-15)19(21(30)28-20(25)13-5-2-1-3-6-13)29(26)22-27-17-10-9-16(24)12-18(17)31-22/h1-12,19H,26H2,(H2,25,28,30). The van der Waals surface area contributed by atoms with Crippen LogP contribution in [-0.2, 0) is 4.79 Å². The van der Waals surface area contributed by atoms with E-state index in [0.717, 1.165) is 5.01 Å². The van der Waals surface area contributed by atoms with Crippen LogP contribution in [0.25, 0.3) is 11.1 Å². The van der Waals surface area contributed by atoms with Crippen molar-refractivity contribution in [3.63, 3.8) is 0 Å². The molecule has 1 amide bonds. The minimum absolute atomic E-state index is 0.0173. The Labute approximate surface area is 187 Å². The van der Waals surface area contributed by atoms with Crippen LogP contribution in [-0.4, -0.2) is 16.7 Å². The summed E-state index contributed by atoms with van der Waals surface area (Å²) in [4.78, 5) is 17.6. The van der Waals surface area contributed by atoms with Gasteiger partial charge in [-0.1, -0.05) is 65.7 Å². The van der Waals surface area contributed by atoms with Gasteiger partial charge in [0.25, 0.3) is 5.91 Å². The van der Waals surface area contributed by atoms with E-state index in [9.17, 15) is 4.79 Å². The predicted octanol–water partition coefficient (Wildman–Crippen LogP) is 4.70. The molecule has 0 aliphatic rings. The lowest BCUT2D eigenvalue weighted by Crippen LogP contribution is -2.46. The van der Waals surface area contributed by atoms with Crippen LogP contribution in [0.2, 0.25) is 10.0 Å². The van der Waals surface area contributed by atoms with Crippen molar-refractivity contribution in [1.29, 1.82) is 5.41 Å². The number of benzene rings is 3. The van der Waals surface area contributed by atoms with E-state index in [1.165, 1.54) is 0 Å². The number of nitrogens with two attached hydrogens (primary N) is 1. The molecule has 0 spiro atoms. The van der Waals surface area contributed by atoms with Crippen molar-refractivity contribution >= 4 is 52.1 Å². The molecule has 0 saturated heterocycles. The summed E-state index contributed by atoms with van der Waals surface area (Å²) >= 11 is 12.2. The molecule has 1 unspecified atom stereocenters. The molecule has 4 rings (SSSR count). The molecule has 0 bridgehead atoms. The molecule has 3 aromatic carbocycles. The van der Waals surface area contributed by atoms with E-state index in [0.29, 0.717) is 32.3 Å². The van der Waals surface area contributed by atoms with E-state index < -0.39 is 11.9 Å². The maximum Gasteiger partial charge on any atom is 0.314 e.